The smallest absolute Gasteiger partial charge is 0.354 e. The summed E-state index contributed by atoms with van der Waals surface area (Å²) >= 11 is 0. The molecule has 0 unspecified atom stereocenters. The van der Waals surface area contributed by atoms with Crippen LogP contribution in [0.25, 0.3) is 0 Å². The third-order valence-electron chi connectivity index (χ3n) is 2.13. The van der Waals surface area contributed by atoms with Crippen LogP contribution in [-0.4, -0.2) is 43.1 Å². The standard InChI is InChI=1S/C12H21NO4/c1-5-13(6-2)10(12(15)17-8-4)9-11(14)16-7-3/h9H,5-8H2,1-4H3. The molecular formula is C12H21NO4. The molecule has 0 aliphatic rings. The lowest BCUT2D eigenvalue weighted by molar-refractivity contribution is -0.142. The lowest BCUT2D eigenvalue weighted by atomic mass is 10.3. The zero-order chi connectivity index (χ0) is 13.3. The van der Waals surface area contributed by atoms with Gasteiger partial charge >= 0.3 is 11.9 Å². The van der Waals surface area contributed by atoms with Crippen molar-refractivity contribution >= 4 is 11.9 Å². The van der Waals surface area contributed by atoms with E-state index in [2.05, 4.69) is 0 Å². The summed E-state index contributed by atoms with van der Waals surface area (Å²) in [5.41, 5.74) is 0.246. The van der Waals surface area contributed by atoms with Crippen molar-refractivity contribution in [1.82, 2.24) is 4.90 Å². The van der Waals surface area contributed by atoms with Crippen molar-refractivity contribution in [3.63, 3.8) is 0 Å². The van der Waals surface area contributed by atoms with Crippen LogP contribution in [-0.2, 0) is 19.1 Å². The maximum atomic E-state index is 11.7. The van der Waals surface area contributed by atoms with Crippen LogP contribution in [0.15, 0.2) is 11.8 Å². The topological polar surface area (TPSA) is 55.8 Å². The minimum atomic E-state index is -0.526. The first-order valence-corrected chi connectivity index (χ1v) is 5.91. The van der Waals surface area contributed by atoms with Gasteiger partial charge in [-0.3, -0.25) is 0 Å². The van der Waals surface area contributed by atoms with Crippen LogP contribution >= 0.6 is 0 Å². The number of rotatable bonds is 7. The van der Waals surface area contributed by atoms with Gasteiger partial charge < -0.3 is 14.4 Å². The molecule has 0 rings (SSSR count). The van der Waals surface area contributed by atoms with Crippen molar-refractivity contribution in [3.05, 3.63) is 11.8 Å². The zero-order valence-corrected chi connectivity index (χ0v) is 11.0. The van der Waals surface area contributed by atoms with Gasteiger partial charge in [0.25, 0.3) is 0 Å². The Kier molecular flexibility index (Phi) is 7.84. The minimum absolute atomic E-state index is 0.246. The second kappa shape index (κ2) is 8.61. The molecule has 5 heteroatoms. The normalized spacial score (nSPS) is 10.9. The van der Waals surface area contributed by atoms with Gasteiger partial charge in [0.15, 0.2) is 0 Å². The monoisotopic (exact) mass is 243 g/mol. The Balaban J connectivity index is 4.95. The number of hydrogen-bond acceptors (Lipinski definition) is 5. The Morgan fingerprint density at radius 3 is 1.94 bits per heavy atom. The van der Waals surface area contributed by atoms with Crippen molar-refractivity contribution in [3.8, 4) is 0 Å². The largest absolute Gasteiger partial charge is 0.463 e. The van der Waals surface area contributed by atoms with E-state index in [-0.39, 0.29) is 18.9 Å². The summed E-state index contributed by atoms with van der Waals surface area (Å²) in [6.45, 7) is 9.06. The third-order valence-corrected chi connectivity index (χ3v) is 2.13. The van der Waals surface area contributed by atoms with E-state index in [1.165, 1.54) is 6.08 Å². The van der Waals surface area contributed by atoms with Gasteiger partial charge in [-0.2, -0.15) is 0 Å². The molecule has 0 fully saturated rings. The number of esters is 2. The molecule has 0 atom stereocenters. The summed E-state index contributed by atoms with van der Waals surface area (Å²) in [5, 5.41) is 0. The number of ether oxygens (including phenoxy) is 2. The van der Waals surface area contributed by atoms with E-state index in [1.807, 2.05) is 13.8 Å². The number of carbonyl (C=O) groups excluding carboxylic acids is 2. The van der Waals surface area contributed by atoms with Gasteiger partial charge in [0, 0.05) is 13.1 Å². The van der Waals surface area contributed by atoms with E-state index < -0.39 is 11.9 Å². The first-order valence-electron chi connectivity index (χ1n) is 5.91. The molecule has 0 aromatic heterocycles. The fourth-order valence-corrected chi connectivity index (χ4v) is 1.34. The molecule has 0 heterocycles. The summed E-state index contributed by atoms with van der Waals surface area (Å²) in [7, 11) is 0. The summed E-state index contributed by atoms with van der Waals surface area (Å²) in [6, 6.07) is 0. The van der Waals surface area contributed by atoms with Crippen LogP contribution in [0.4, 0.5) is 0 Å². The summed E-state index contributed by atoms with van der Waals surface area (Å²) in [4.78, 5) is 24.8. The molecule has 0 aromatic carbocycles. The van der Waals surface area contributed by atoms with E-state index >= 15 is 0 Å². The molecule has 0 aromatic rings. The molecule has 0 N–H and O–H groups in total. The van der Waals surface area contributed by atoms with Gasteiger partial charge in [0.2, 0.25) is 0 Å². The molecule has 5 nitrogen and oxygen atoms in total. The van der Waals surface area contributed by atoms with Crippen LogP contribution in [0, 0.1) is 0 Å². The van der Waals surface area contributed by atoms with Crippen molar-refractivity contribution in [2.75, 3.05) is 26.3 Å². The maximum Gasteiger partial charge on any atom is 0.354 e. The van der Waals surface area contributed by atoms with E-state index in [0.717, 1.165) is 0 Å². The SMILES string of the molecule is CCOC(=O)C=C(C(=O)OCC)N(CC)CC. The summed E-state index contributed by atoms with van der Waals surface area (Å²) < 4.78 is 9.70. The van der Waals surface area contributed by atoms with Gasteiger partial charge in [0.1, 0.15) is 5.70 Å². The van der Waals surface area contributed by atoms with Crippen molar-refractivity contribution < 1.29 is 19.1 Å². The lowest BCUT2D eigenvalue weighted by Gasteiger charge is -2.22. The number of nitrogens with zero attached hydrogens (tertiary/aromatic N) is 1. The van der Waals surface area contributed by atoms with Crippen LogP contribution in [0.2, 0.25) is 0 Å². The summed E-state index contributed by atoms with van der Waals surface area (Å²) in [5.74, 6) is -1.02. The fourth-order valence-electron chi connectivity index (χ4n) is 1.34. The first-order chi connectivity index (χ1) is 8.10. The first kappa shape index (κ1) is 15.5. The Morgan fingerprint density at radius 1 is 1.00 bits per heavy atom. The van der Waals surface area contributed by atoms with Gasteiger partial charge in [-0.05, 0) is 27.7 Å². The number of likely N-dealkylation sites (N-methyl/N-ethyl adjacent to an activating group) is 1. The van der Waals surface area contributed by atoms with Crippen molar-refractivity contribution in [2.45, 2.75) is 27.7 Å². The molecule has 0 aliphatic carbocycles. The van der Waals surface area contributed by atoms with Gasteiger partial charge in [-0.1, -0.05) is 0 Å². The molecule has 0 radical (unpaired) electrons. The molecule has 0 saturated heterocycles. The average Bonchev–Trinajstić information content (AvgIpc) is 2.30. The molecule has 0 bridgehead atoms. The maximum absolute atomic E-state index is 11.7. The molecular weight excluding hydrogens is 222 g/mol. The van der Waals surface area contributed by atoms with E-state index in [9.17, 15) is 9.59 Å². The Labute approximate surface area is 102 Å². The lowest BCUT2D eigenvalue weighted by Crippen LogP contribution is -2.29. The second-order valence-electron chi connectivity index (χ2n) is 3.17. The van der Waals surface area contributed by atoms with E-state index in [0.29, 0.717) is 13.1 Å². The van der Waals surface area contributed by atoms with Crippen molar-refractivity contribution in [1.29, 1.82) is 0 Å². The van der Waals surface area contributed by atoms with Crippen LogP contribution in [0.1, 0.15) is 27.7 Å². The van der Waals surface area contributed by atoms with Gasteiger partial charge in [-0.15, -0.1) is 0 Å². The Bertz CT molecular complexity index is 282. The molecule has 0 aliphatic heterocycles. The molecule has 0 amide bonds. The number of carbonyl (C=O) groups is 2. The molecule has 0 spiro atoms. The predicted molar refractivity (Wildman–Crippen MR) is 64.3 cm³/mol. The third kappa shape index (κ3) is 5.38. The summed E-state index contributed by atoms with van der Waals surface area (Å²) in [6.07, 6.45) is 1.19. The van der Waals surface area contributed by atoms with Crippen LogP contribution in [0.5, 0.6) is 0 Å². The highest BCUT2D eigenvalue weighted by molar-refractivity contribution is 5.95. The molecule has 98 valence electrons. The van der Waals surface area contributed by atoms with Crippen molar-refractivity contribution in [2.24, 2.45) is 0 Å². The zero-order valence-electron chi connectivity index (χ0n) is 11.0. The second-order valence-corrected chi connectivity index (χ2v) is 3.17. The molecule has 17 heavy (non-hydrogen) atoms. The molecule has 0 saturated carbocycles. The minimum Gasteiger partial charge on any atom is -0.463 e. The van der Waals surface area contributed by atoms with Crippen LogP contribution in [0.3, 0.4) is 0 Å². The average molecular weight is 243 g/mol. The van der Waals surface area contributed by atoms with E-state index in [1.54, 1.807) is 18.7 Å². The highest BCUT2D eigenvalue weighted by Crippen LogP contribution is 2.07. The predicted octanol–water partition coefficient (Wildman–Crippen LogP) is 1.34. The fraction of sp³-hybridized carbons (Fsp3) is 0.667. The Morgan fingerprint density at radius 2 is 1.53 bits per heavy atom. The van der Waals surface area contributed by atoms with Gasteiger partial charge in [0.05, 0.1) is 19.3 Å². The van der Waals surface area contributed by atoms with Crippen LogP contribution < -0.4 is 0 Å². The highest BCUT2D eigenvalue weighted by atomic mass is 16.5. The van der Waals surface area contributed by atoms with Gasteiger partial charge in [-0.25, -0.2) is 9.59 Å². The quantitative estimate of drug-likeness (QED) is 0.499. The number of hydrogen-bond donors (Lipinski definition) is 0. The Hall–Kier alpha value is -1.52. The highest BCUT2D eigenvalue weighted by Gasteiger charge is 2.18. The van der Waals surface area contributed by atoms with E-state index in [4.69, 9.17) is 9.47 Å².